The highest BCUT2D eigenvalue weighted by Crippen LogP contribution is 2.35. The van der Waals surface area contributed by atoms with Gasteiger partial charge in [-0.3, -0.25) is 15.0 Å². The maximum Gasteiger partial charge on any atom is 0.322 e. The largest absolute Gasteiger partial charge is 0.332 e. The normalized spacial score (nSPS) is 27.2. The Morgan fingerprint density at radius 2 is 2.00 bits per heavy atom. The van der Waals surface area contributed by atoms with E-state index in [0.717, 1.165) is 0 Å². The molecule has 0 bridgehead atoms. The number of amides is 2. The molecule has 1 aromatic carbocycles. The standard InChI is InChI=1S/C11H11N3O5S/c15-11-12-7-5-20(18,19)6-10(7)13(11)8-3-1-2-4-9(8)14(16)17/h1-4,7,10H,5-6H2,(H,12,15)/t7-,10+/m0/s1. The van der Waals surface area contributed by atoms with Gasteiger partial charge in [0.2, 0.25) is 0 Å². The fourth-order valence-corrected chi connectivity index (χ4v) is 4.60. The third-order valence-electron chi connectivity index (χ3n) is 3.52. The van der Waals surface area contributed by atoms with Crippen LogP contribution in [0.4, 0.5) is 16.2 Å². The highest BCUT2D eigenvalue weighted by molar-refractivity contribution is 7.91. The minimum absolute atomic E-state index is 0.124. The number of hydrogen-bond acceptors (Lipinski definition) is 5. The Morgan fingerprint density at radius 3 is 2.70 bits per heavy atom. The second-order valence-electron chi connectivity index (χ2n) is 4.82. The number of anilines is 1. The van der Waals surface area contributed by atoms with Gasteiger partial charge in [-0.2, -0.15) is 0 Å². The fraction of sp³-hybridized carbons (Fsp3) is 0.364. The molecule has 106 valence electrons. The molecule has 2 saturated heterocycles. The topological polar surface area (TPSA) is 110 Å². The van der Waals surface area contributed by atoms with Crippen molar-refractivity contribution in [2.24, 2.45) is 0 Å². The molecule has 0 unspecified atom stereocenters. The van der Waals surface area contributed by atoms with E-state index in [2.05, 4.69) is 5.32 Å². The summed E-state index contributed by atoms with van der Waals surface area (Å²) in [6, 6.07) is 4.22. The number of fused-ring (bicyclic) bond motifs is 1. The van der Waals surface area contributed by atoms with E-state index in [1.807, 2.05) is 0 Å². The molecule has 8 nitrogen and oxygen atoms in total. The second-order valence-corrected chi connectivity index (χ2v) is 6.97. The van der Waals surface area contributed by atoms with Crippen LogP contribution in [0.25, 0.3) is 0 Å². The first kappa shape index (κ1) is 12.9. The Bertz CT molecular complexity index is 702. The summed E-state index contributed by atoms with van der Waals surface area (Å²) in [5, 5.41) is 13.6. The number of para-hydroxylation sites is 2. The van der Waals surface area contributed by atoms with Crippen molar-refractivity contribution in [1.29, 1.82) is 0 Å². The van der Waals surface area contributed by atoms with Crippen molar-refractivity contribution in [3.63, 3.8) is 0 Å². The number of benzene rings is 1. The van der Waals surface area contributed by atoms with Gasteiger partial charge in [-0.15, -0.1) is 0 Å². The summed E-state index contributed by atoms with van der Waals surface area (Å²) < 4.78 is 23.3. The average molecular weight is 297 g/mol. The number of nitro groups is 1. The lowest BCUT2D eigenvalue weighted by Crippen LogP contribution is -2.37. The number of carbonyl (C=O) groups is 1. The third kappa shape index (κ3) is 1.90. The van der Waals surface area contributed by atoms with E-state index in [9.17, 15) is 23.3 Å². The van der Waals surface area contributed by atoms with Crippen molar-refractivity contribution in [2.75, 3.05) is 16.4 Å². The fourth-order valence-electron chi connectivity index (χ4n) is 2.71. The Hall–Kier alpha value is -2.16. The quantitative estimate of drug-likeness (QED) is 0.479. The molecule has 0 saturated carbocycles. The number of hydrogen-bond donors (Lipinski definition) is 1. The Morgan fingerprint density at radius 1 is 1.30 bits per heavy atom. The first-order valence-corrected chi connectivity index (χ1v) is 7.75. The van der Waals surface area contributed by atoms with Crippen LogP contribution >= 0.6 is 0 Å². The van der Waals surface area contributed by atoms with Crippen LogP contribution in [0.15, 0.2) is 24.3 Å². The van der Waals surface area contributed by atoms with Gasteiger partial charge in [0.1, 0.15) is 5.69 Å². The van der Waals surface area contributed by atoms with Gasteiger partial charge in [-0.1, -0.05) is 12.1 Å². The summed E-state index contributed by atoms with van der Waals surface area (Å²) in [4.78, 5) is 23.6. The minimum Gasteiger partial charge on any atom is -0.332 e. The first-order chi connectivity index (χ1) is 9.39. The average Bonchev–Trinajstić information content (AvgIpc) is 2.79. The molecule has 2 aliphatic rings. The van der Waals surface area contributed by atoms with Crippen LogP contribution < -0.4 is 10.2 Å². The molecule has 9 heteroatoms. The van der Waals surface area contributed by atoms with Crippen LogP contribution in [0.5, 0.6) is 0 Å². The predicted octanol–water partition coefficient (Wildman–Crippen LogP) is 0.290. The van der Waals surface area contributed by atoms with Gasteiger partial charge >= 0.3 is 6.03 Å². The lowest BCUT2D eigenvalue weighted by molar-refractivity contribution is -0.384. The van der Waals surface area contributed by atoms with Crippen molar-refractivity contribution >= 4 is 27.2 Å². The summed E-state index contributed by atoms with van der Waals surface area (Å²) in [6.07, 6.45) is 0. The van der Waals surface area contributed by atoms with E-state index in [4.69, 9.17) is 0 Å². The highest BCUT2D eigenvalue weighted by Gasteiger charge is 2.50. The van der Waals surface area contributed by atoms with E-state index >= 15 is 0 Å². The zero-order valence-corrected chi connectivity index (χ0v) is 11.0. The SMILES string of the molecule is O=C1N[C@H]2CS(=O)(=O)C[C@H]2N1c1ccccc1[N+](=O)[O-]. The molecule has 2 atom stereocenters. The third-order valence-corrected chi connectivity index (χ3v) is 5.24. The number of sulfone groups is 1. The number of carbonyl (C=O) groups excluding carboxylic acids is 1. The van der Waals surface area contributed by atoms with Crippen molar-refractivity contribution in [1.82, 2.24) is 5.32 Å². The predicted molar refractivity (Wildman–Crippen MR) is 70.3 cm³/mol. The van der Waals surface area contributed by atoms with Crippen molar-refractivity contribution in [3.8, 4) is 0 Å². The van der Waals surface area contributed by atoms with Crippen LogP contribution in [-0.2, 0) is 9.84 Å². The Balaban J connectivity index is 2.06. The molecule has 20 heavy (non-hydrogen) atoms. The molecule has 2 heterocycles. The highest BCUT2D eigenvalue weighted by atomic mass is 32.2. The summed E-state index contributed by atoms with van der Waals surface area (Å²) in [6.45, 7) is 0. The molecule has 3 rings (SSSR count). The van der Waals surface area contributed by atoms with E-state index in [-0.39, 0.29) is 22.9 Å². The lowest BCUT2D eigenvalue weighted by Gasteiger charge is -2.20. The smallest absolute Gasteiger partial charge is 0.322 e. The molecule has 2 aliphatic heterocycles. The van der Waals surface area contributed by atoms with Crippen LogP contribution in [-0.4, -0.2) is 43.0 Å². The minimum atomic E-state index is -3.23. The van der Waals surface area contributed by atoms with E-state index in [1.54, 1.807) is 6.07 Å². The van der Waals surface area contributed by atoms with Crippen LogP contribution in [0.3, 0.4) is 0 Å². The Labute approximate surface area is 114 Å². The maximum absolute atomic E-state index is 12.0. The number of nitrogens with one attached hydrogen (secondary N) is 1. The maximum atomic E-state index is 12.0. The zero-order chi connectivity index (χ0) is 14.5. The number of urea groups is 1. The molecule has 2 amide bonds. The summed E-state index contributed by atoms with van der Waals surface area (Å²) >= 11 is 0. The summed E-state index contributed by atoms with van der Waals surface area (Å²) in [5.74, 6) is -0.303. The molecule has 1 aromatic rings. The lowest BCUT2D eigenvalue weighted by atomic mass is 10.1. The van der Waals surface area contributed by atoms with Gasteiger partial charge in [-0.05, 0) is 6.07 Å². The van der Waals surface area contributed by atoms with Crippen molar-refractivity contribution in [2.45, 2.75) is 12.1 Å². The van der Waals surface area contributed by atoms with Crippen molar-refractivity contribution < 1.29 is 18.1 Å². The molecule has 0 aromatic heterocycles. The van der Waals surface area contributed by atoms with Crippen molar-refractivity contribution in [3.05, 3.63) is 34.4 Å². The summed E-state index contributed by atoms with van der Waals surface area (Å²) in [5.41, 5.74) is -0.0906. The molecule has 0 aliphatic carbocycles. The molecule has 0 radical (unpaired) electrons. The monoisotopic (exact) mass is 297 g/mol. The van der Waals surface area contributed by atoms with Crippen LogP contribution in [0.1, 0.15) is 0 Å². The van der Waals surface area contributed by atoms with Gasteiger partial charge in [0, 0.05) is 6.07 Å². The van der Waals surface area contributed by atoms with E-state index in [0.29, 0.717) is 0 Å². The van der Waals surface area contributed by atoms with Crippen LogP contribution in [0.2, 0.25) is 0 Å². The number of rotatable bonds is 2. The molecular weight excluding hydrogens is 286 g/mol. The second kappa shape index (κ2) is 4.17. The van der Waals surface area contributed by atoms with Gasteiger partial charge in [0.05, 0.1) is 28.5 Å². The van der Waals surface area contributed by atoms with Gasteiger partial charge in [-0.25, -0.2) is 13.2 Å². The van der Waals surface area contributed by atoms with Gasteiger partial charge < -0.3 is 5.32 Å². The van der Waals surface area contributed by atoms with E-state index < -0.39 is 32.9 Å². The van der Waals surface area contributed by atoms with E-state index in [1.165, 1.54) is 23.1 Å². The molecule has 2 fully saturated rings. The van der Waals surface area contributed by atoms with Gasteiger partial charge in [0.25, 0.3) is 5.69 Å². The Kier molecular flexibility index (Phi) is 2.68. The number of nitrogens with zero attached hydrogens (tertiary/aromatic N) is 2. The van der Waals surface area contributed by atoms with Crippen LogP contribution in [0, 0.1) is 10.1 Å². The zero-order valence-electron chi connectivity index (χ0n) is 10.2. The number of nitro benzene ring substituents is 1. The molecular formula is C11H11N3O5S. The molecule has 1 N–H and O–H groups in total. The summed E-state index contributed by atoms with van der Waals surface area (Å²) in [7, 11) is -3.23. The molecule has 0 spiro atoms. The van der Waals surface area contributed by atoms with Gasteiger partial charge in [0.15, 0.2) is 9.84 Å². The first-order valence-electron chi connectivity index (χ1n) is 5.92.